The summed E-state index contributed by atoms with van der Waals surface area (Å²) in [5, 5.41) is 12.3. The van der Waals surface area contributed by atoms with Crippen LogP contribution in [0.5, 0.6) is 0 Å². The van der Waals surface area contributed by atoms with Crippen LogP contribution in [-0.4, -0.2) is 68.7 Å². The van der Waals surface area contributed by atoms with E-state index in [1.54, 1.807) is 17.0 Å². The molecule has 6 rings (SSSR count). The Labute approximate surface area is 252 Å². The van der Waals surface area contributed by atoms with Crippen molar-refractivity contribution < 1.29 is 14.7 Å². The standard InChI is InChI=1S/C34H41N5O4/c40-31-20-29(25-9-3-1-4-10-25)36-24-38(31)22-27-13-17-37(23-34(27)15-7-8-16-34)33(43)39-18-14-28(35-21-32(41)42)19-30(39)26-11-5-2-6-12-26/h1-6,9-12,20,24,27-28,30,35H,7-8,13-19,21-23H2,(H,41,42)/t27-,28+,30-/m0/s1. The number of amides is 2. The van der Waals surface area contributed by atoms with Gasteiger partial charge in [-0.15, -0.1) is 0 Å². The highest BCUT2D eigenvalue weighted by molar-refractivity contribution is 5.75. The van der Waals surface area contributed by atoms with Gasteiger partial charge in [0.1, 0.15) is 0 Å². The third-order valence-electron chi connectivity index (χ3n) is 9.93. The molecule has 3 heterocycles. The third kappa shape index (κ3) is 6.37. The Kier molecular flexibility index (Phi) is 8.61. The highest BCUT2D eigenvalue weighted by Crippen LogP contribution is 2.49. The molecule has 9 nitrogen and oxygen atoms in total. The second kappa shape index (κ2) is 12.7. The number of carbonyl (C=O) groups is 2. The number of aliphatic carboxylic acids is 1. The summed E-state index contributed by atoms with van der Waals surface area (Å²) in [6, 6.07) is 21.5. The molecule has 2 amide bonds. The van der Waals surface area contributed by atoms with Crippen molar-refractivity contribution in [3.63, 3.8) is 0 Å². The number of hydrogen-bond acceptors (Lipinski definition) is 5. The van der Waals surface area contributed by atoms with Crippen LogP contribution in [0.2, 0.25) is 0 Å². The van der Waals surface area contributed by atoms with Crippen molar-refractivity contribution in [1.82, 2.24) is 24.7 Å². The van der Waals surface area contributed by atoms with Crippen LogP contribution in [0, 0.1) is 11.3 Å². The zero-order valence-electron chi connectivity index (χ0n) is 24.6. The summed E-state index contributed by atoms with van der Waals surface area (Å²) in [6.07, 6.45) is 8.36. The summed E-state index contributed by atoms with van der Waals surface area (Å²) in [5.74, 6) is -0.568. The van der Waals surface area contributed by atoms with Gasteiger partial charge in [0.05, 0.1) is 24.6 Å². The number of rotatable bonds is 7. The van der Waals surface area contributed by atoms with Crippen molar-refractivity contribution in [2.24, 2.45) is 11.3 Å². The van der Waals surface area contributed by atoms with Crippen LogP contribution in [0.15, 0.2) is 77.9 Å². The molecule has 3 aromatic rings. The summed E-state index contributed by atoms with van der Waals surface area (Å²) in [4.78, 5) is 47.2. The van der Waals surface area contributed by atoms with Crippen molar-refractivity contribution in [2.45, 2.75) is 63.6 Å². The van der Waals surface area contributed by atoms with Crippen molar-refractivity contribution >= 4 is 12.0 Å². The molecule has 226 valence electrons. The van der Waals surface area contributed by atoms with E-state index in [2.05, 4.69) is 27.3 Å². The van der Waals surface area contributed by atoms with Gasteiger partial charge >= 0.3 is 12.0 Å². The average Bonchev–Trinajstić information content (AvgIpc) is 3.51. The molecule has 3 aliphatic rings. The fourth-order valence-corrected chi connectivity index (χ4v) is 7.65. The maximum absolute atomic E-state index is 14.2. The first kappa shape index (κ1) is 29.1. The van der Waals surface area contributed by atoms with Gasteiger partial charge in [-0.05, 0) is 49.0 Å². The number of carbonyl (C=O) groups excluding carboxylic acids is 1. The Morgan fingerprint density at radius 3 is 2.40 bits per heavy atom. The predicted molar refractivity (Wildman–Crippen MR) is 164 cm³/mol. The molecular weight excluding hydrogens is 542 g/mol. The first-order valence-corrected chi connectivity index (χ1v) is 15.6. The number of likely N-dealkylation sites (tertiary alicyclic amines) is 2. The number of hydrogen-bond donors (Lipinski definition) is 2. The van der Waals surface area contributed by atoms with E-state index in [-0.39, 0.29) is 35.6 Å². The molecule has 0 radical (unpaired) electrons. The molecule has 9 heteroatoms. The van der Waals surface area contributed by atoms with E-state index in [9.17, 15) is 19.5 Å². The van der Waals surface area contributed by atoms with Crippen molar-refractivity contribution in [3.05, 3.63) is 89.0 Å². The molecule has 3 atom stereocenters. The van der Waals surface area contributed by atoms with Crippen LogP contribution in [-0.2, 0) is 11.3 Å². The van der Waals surface area contributed by atoms with Gasteiger partial charge in [0.15, 0.2) is 0 Å². The van der Waals surface area contributed by atoms with E-state index in [0.29, 0.717) is 44.2 Å². The molecule has 3 fully saturated rings. The molecule has 2 aromatic carbocycles. The molecule has 2 saturated heterocycles. The fraction of sp³-hybridized carbons (Fsp3) is 0.471. The summed E-state index contributed by atoms with van der Waals surface area (Å²) in [7, 11) is 0. The molecule has 1 saturated carbocycles. The maximum Gasteiger partial charge on any atom is 0.320 e. The van der Waals surface area contributed by atoms with Gasteiger partial charge < -0.3 is 20.2 Å². The summed E-state index contributed by atoms with van der Waals surface area (Å²) >= 11 is 0. The van der Waals surface area contributed by atoms with E-state index in [1.807, 2.05) is 53.4 Å². The Hall–Kier alpha value is -3.98. The number of urea groups is 1. The average molecular weight is 584 g/mol. The quantitative estimate of drug-likeness (QED) is 0.414. The highest BCUT2D eigenvalue weighted by atomic mass is 16.4. The lowest BCUT2D eigenvalue weighted by Crippen LogP contribution is -2.57. The lowest BCUT2D eigenvalue weighted by Gasteiger charge is -2.49. The summed E-state index contributed by atoms with van der Waals surface area (Å²) in [5.41, 5.74) is 2.66. The Balaban J connectivity index is 1.18. The van der Waals surface area contributed by atoms with Gasteiger partial charge in [0.25, 0.3) is 5.56 Å². The normalized spacial score (nSPS) is 23.4. The van der Waals surface area contributed by atoms with E-state index in [4.69, 9.17) is 0 Å². The highest BCUT2D eigenvalue weighted by Gasteiger charge is 2.47. The van der Waals surface area contributed by atoms with E-state index >= 15 is 0 Å². The molecule has 1 aliphatic carbocycles. The molecule has 43 heavy (non-hydrogen) atoms. The molecule has 2 aliphatic heterocycles. The van der Waals surface area contributed by atoms with Crippen LogP contribution in [0.25, 0.3) is 11.3 Å². The van der Waals surface area contributed by atoms with Crippen molar-refractivity contribution in [1.29, 1.82) is 0 Å². The minimum atomic E-state index is -0.871. The second-order valence-corrected chi connectivity index (χ2v) is 12.5. The molecule has 1 aromatic heterocycles. The van der Waals surface area contributed by atoms with Gasteiger partial charge in [-0.1, -0.05) is 73.5 Å². The fourth-order valence-electron chi connectivity index (χ4n) is 7.65. The van der Waals surface area contributed by atoms with E-state index in [0.717, 1.165) is 49.7 Å². The van der Waals surface area contributed by atoms with Crippen LogP contribution in [0.4, 0.5) is 4.79 Å². The van der Waals surface area contributed by atoms with Crippen LogP contribution < -0.4 is 10.9 Å². The molecule has 2 N–H and O–H groups in total. The zero-order chi connectivity index (χ0) is 29.8. The summed E-state index contributed by atoms with van der Waals surface area (Å²) in [6.45, 7) is 2.49. The van der Waals surface area contributed by atoms with Gasteiger partial charge in [-0.2, -0.15) is 0 Å². The predicted octanol–water partition coefficient (Wildman–Crippen LogP) is 4.79. The number of aromatic nitrogens is 2. The third-order valence-corrected chi connectivity index (χ3v) is 9.93. The molecular formula is C34H41N5O4. The minimum Gasteiger partial charge on any atom is -0.480 e. The van der Waals surface area contributed by atoms with E-state index < -0.39 is 5.97 Å². The Morgan fingerprint density at radius 2 is 1.70 bits per heavy atom. The number of piperidine rings is 2. The van der Waals surface area contributed by atoms with Gasteiger partial charge in [0.2, 0.25) is 0 Å². The molecule has 1 spiro atoms. The van der Waals surface area contributed by atoms with Crippen LogP contribution in [0.3, 0.4) is 0 Å². The van der Waals surface area contributed by atoms with E-state index in [1.165, 1.54) is 0 Å². The lowest BCUT2D eigenvalue weighted by molar-refractivity contribution is -0.136. The number of nitrogens with one attached hydrogen (secondary N) is 1. The monoisotopic (exact) mass is 583 g/mol. The Morgan fingerprint density at radius 1 is 0.977 bits per heavy atom. The maximum atomic E-state index is 14.2. The topological polar surface area (TPSA) is 108 Å². The molecule has 0 bridgehead atoms. The van der Waals surface area contributed by atoms with Gasteiger partial charge in [0, 0.05) is 43.9 Å². The lowest BCUT2D eigenvalue weighted by atomic mass is 9.69. The number of benzene rings is 2. The number of nitrogens with zero attached hydrogens (tertiary/aromatic N) is 4. The van der Waals surface area contributed by atoms with Crippen molar-refractivity contribution in [2.75, 3.05) is 26.2 Å². The largest absolute Gasteiger partial charge is 0.480 e. The van der Waals surface area contributed by atoms with Crippen LogP contribution >= 0.6 is 0 Å². The number of carboxylic acids is 1. The van der Waals surface area contributed by atoms with Crippen molar-refractivity contribution in [3.8, 4) is 11.3 Å². The first-order valence-electron chi connectivity index (χ1n) is 15.6. The SMILES string of the molecule is O=C(O)CN[C@@H]1CCN(C(=O)N2CC[C@@H](Cn3cnc(-c4ccccc4)cc3=O)C3(CCCC3)C2)[C@H](c2ccccc2)C1. The second-order valence-electron chi connectivity index (χ2n) is 12.5. The van der Waals surface area contributed by atoms with Crippen LogP contribution in [0.1, 0.15) is 56.6 Å². The smallest absolute Gasteiger partial charge is 0.320 e. The first-order chi connectivity index (χ1) is 20.9. The molecule has 0 unspecified atom stereocenters. The summed E-state index contributed by atoms with van der Waals surface area (Å²) < 4.78 is 1.76. The number of carboxylic acid groups (broad SMARTS) is 1. The zero-order valence-corrected chi connectivity index (χ0v) is 24.6. The van der Waals surface area contributed by atoms with Gasteiger partial charge in [-0.3, -0.25) is 14.2 Å². The van der Waals surface area contributed by atoms with Gasteiger partial charge in [-0.25, -0.2) is 9.78 Å². The minimum absolute atomic E-state index is 0.00490. The Bertz CT molecular complexity index is 1470.